The molecule has 0 saturated heterocycles. The van der Waals surface area contributed by atoms with Crippen LogP contribution in [0.1, 0.15) is 21.5 Å². The molecule has 0 aliphatic heterocycles. The van der Waals surface area contributed by atoms with Crippen LogP contribution in [0.5, 0.6) is 0 Å². The van der Waals surface area contributed by atoms with Gasteiger partial charge in [0.1, 0.15) is 0 Å². The number of hydrogen-bond donors (Lipinski definition) is 1. The first-order chi connectivity index (χ1) is 8.49. The summed E-state index contributed by atoms with van der Waals surface area (Å²) >= 11 is 9.43. The Morgan fingerprint density at radius 2 is 1.89 bits per heavy atom. The Morgan fingerprint density at radius 3 is 2.56 bits per heavy atom. The van der Waals surface area contributed by atoms with Crippen LogP contribution in [0.2, 0.25) is 5.02 Å². The summed E-state index contributed by atoms with van der Waals surface area (Å²) in [7, 11) is 0. The van der Waals surface area contributed by atoms with Gasteiger partial charge in [0.05, 0.1) is 5.02 Å². The first-order valence-corrected chi connectivity index (χ1v) is 6.52. The summed E-state index contributed by atoms with van der Waals surface area (Å²) in [6.07, 6.45) is 0. The number of nitrogen functional groups attached to an aromatic ring is 1. The summed E-state index contributed by atoms with van der Waals surface area (Å²) in [4.78, 5) is 12.4. The second-order valence-electron chi connectivity index (χ2n) is 4.05. The summed E-state index contributed by atoms with van der Waals surface area (Å²) in [5.41, 5.74) is 8.23. The third kappa shape index (κ3) is 2.57. The molecule has 0 aliphatic carbocycles. The second kappa shape index (κ2) is 5.12. The number of ketones is 1. The van der Waals surface area contributed by atoms with Crippen molar-refractivity contribution in [2.24, 2.45) is 0 Å². The van der Waals surface area contributed by atoms with Crippen LogP contribution in [0, 0.1) is 6.92 Å². The quantitative estimate of drug-likeness (QED) is 0.664. The first-order valence-electron chi connectivity index (χ1n) is 5.35. The summed E-state index contributed by atoms with van der Waals surface area (Å²) in [5, 5.41) is 0.369. The summed E-state index contributed by atoms with van der Waals surface area (Å²) in [6, 6.07) is 10.5. The lowest BCUT2D eigenvalue weighted by Gasteiger charge is -2.07. The highest BCUT2D eigenvalue weighted by Crippen LogP contribution is 2.26. The average Bonchev–Trinajstić information content (AvgIpc) is 2.31. The van der Waals surface area contributed by atoms with Crippen LogP contribution in [-0.2, 0) is 0 Å². The highest BCUT2D eigenvalue weighted by atomic mass is 79.9. The molecule has 2 rings (SSSR count). The van der Waals surface area contributed by atoms with Crippen molar-refractivity contribution in [2.45, 2.75) is 6.92 Å². The molecule has 0 radical (unpaired) electrons. The molecule has 0 spiro atoms. The topological polar surface area (TPSA) is 43.1 Å². The van der Waals surface area contributed by atoms with Crippen molar-refractivity contribution in [3.05, 3.63) is 62.6 Å². The number of aryl methyl sites for hydroxylation is 1. The molecule has 2 aromatic rings. The van der Waals surface area contributed by atoms with E-state index in [4.69, 9.17) is 17.3 Å². The maximum Gasteiger partial charge on any atom is 0.195 e. The van der Waals surface area contributed by atoms with Gasteiger partial charge in [0, 0.05) is 21.3 Å². The highest BCUT2D eigenvalue weighted by molar-refractivity contribution is 9.10. The van der Waals surface area contributed by atoms with Gasteiger partial charge in [0.25, 0.3) is 0 Å². The lowest BCUT2D eigenvalue weighted by Crippen LogP contribution is -2.04. The molecule has 0 aliphatic rings. The fourth-order valence-corrected chi connectivity index (χ4v) is 2.38. The minimum absolute atomic E-state index is 0.115. The molecule has 0 unspecified atom stereocenters. The Bertz CT molecular complexity index is 625. The zero-order chi connectivity index (χ0) is 13.3. The van der Waals surface area contributed by atoms with Gasteiger partial charge < -0.3 is 5.73 Å². The molecule has 2 N–H and O–H groups in total. The van der Waals surface area contributed by atoms with E-state index in [1.165, 1.54) is 0 Å². The Kier molecular flexibility index (Phi) is 3.73. The lowest BCUT2D eigenvalue weighted by molar-refractivity contribution is 0.103. The highest BCUT2D eigenvalue weighted by Gasteiger charge is 2.15. The van der Waals surface area contributed by atoms with Gasteiger partial charge in [-0.1, -0.05) is 39.2 Å². The van der Waals surface area contributed by atoms with Gasteiger partial charge in [-0.05, 0) is 37.3 Å². The molecule has 0 saturated carbocycles. The number of rotatable bonds is 2. The Hall–Kier alpha value is -1.32. The van der Waals surface area contributed by atoms with Crippen LogP contribution in [0.25, 0.3) is 0 Å². The van der Waals surface area contributed by atoms with E-state index >= 15 is 0 Å². The molecule has 0 heterocycles. The van der Waals surface area contributed by atoms with Crippen molar-refractivity contribution < 1.29 is 4.79 Å². The van der Waals surface area contributed by atoms with E-state index in [1.54, 1.807) is 18.2 Å². The number of anilines is 1. The lowest BCUT2D eigenvalue weighted by atomic mass is 10.0. The molecule has 92 valence electrons. The third-order valence-electron chi connectivity index (χ3n) is 2.60. The Labute approximate surface area is 119 Å². The monoisotopic (exact) mass is 323 g/mol. The van der Waals surface area contributed by atoms with Crippen LogP contribution in [0.3, 0.4) is 0 Å². The molecule has 4 heteroatoms. The molecule has 0 amide bonds. The number of carbonyl (C=O) groups excluding carboxylic acids is 1. The molecular weight excluding hydrogens is 314 g/mol. The molecule has 0 aromatic heterocycles. The van der Waals surface area contributed by atoms with Crippen LogP contribution < -0.4 is 5.73 Å². The minimum Gasteiger partial charge on any atom is -0.399 e. The van der Waals surface area contributed by atoms with Crippen LogP contribution >= 0.6 is 27.5 Å². The molecular formula is C14H11BrClNO. The van der Waals surface area contributed by atoms with Crippen molar-refractivity contribution >= 4 is 39.0 Å². The SMILES string of the molecule is Cc1ccc(Br)c(C(=O)c2ccc(N)cc2Cl)c1. The number of halogens is 2. The van der Waals surface area contributed by atoms with Crippen LogP contribution in [0.4, 0.5) is 5.69 Å². The summed E-state index contributed by atoms with van der Waals surface area (Å²) in [6.45, 7) is 1.94. The smallest absolute Gasteiger partial charge is 0.195 e. The van der Waals surface area contributed by atoms with E-state index in [-0.39, 0.29) is 5.78 Å². The largest absolute Gasteiger partial charge is 0.399 e. The van der Waals surface area contributed by atoms with E-state index in [0.717, 1.165) is 10.0 Å². The van der Waals surface area contributed by atoms with Crippen molar-refractivity contribution in [3.63, 3.8) is 0 Å². The zero-order valence-corrected chi connectivity index (χ0v) is 12.0. The van der Waals surface area contributed by atoms with E-state index in [1.807, 2.05) is 25.1 Å². The molecule has 0 bridgehead atoms. The maximum atomic E-state index is 12.4. The summed E-state index contributed by atoms with van der Waals surface area (Å²) < 4.78 is 0.756. The van der Waals surface area contributed by atoms with Gasteiger partial charge in [-0.15, -0.1) is 0 Å². The normalized spacial score (nSPS) is 10.4. The van der Waals surface area contributed by atoms with Gasteiger partial charge in [-0.3, -0.25) is 4.79 Å². The van der Waals surface area contributed by atoms with E-state index < -0.39 is 0 Å². The fourth-order valence-electron chi connectivity index (χ4n) is 1.67. The number of hydrogen-bond acceptors (Lipinski definition) is 2. The van der Waals surface area contributed by atoms with Crippen LogP contribution in [0.15, 0.2) is 40.9 Å². The van der Waals surface area contributed by atoms with Crippen molar-refractivity contribution in [1.29, 1.82) is 0 Å². The average molecular weight is 325 g/mol. The van der Waals surface area contributed by atoms with Gasteiger partial charge in [0.15, 0.2) is 5.78 Å². The van der Waals surface area contributed by atoms with E-state index in [0.29, 0.717) is 21.8 Å². The van der Waals surface area contributed by atoms with Crippen LogP contribution in [-0.4, -0.2) is 5.78 Å². The third-order valence-corrected chi connectivity index (χ3v) is 3.61. The second-order valence-corrected chi connectivity index (χ2v) is 5.31. The number of carbonyl (C=O) groups is 1. The molecule has 2 nitrogen and oxygen atoms in total. The standard InChI is InChI=1S/C14H11BrClNO/c1-8-2-5-12(15)11(6-8)14(18)10-4-3-9(17)7-13(10)16/h2-7H,17H2,1H3. The van der Waals surface area contributed by atoms with Crippen molar-refractivity contribution in [1.82, 2.24) is 0 Å². The van der Waals surface area contributed by atoms with Gasteiger partial charge in [-0.2, -0.15) is 0 Å². The van der Waals surface area contributed by atoms with Gasteiger partial charge >= 0.3 is 0 Å². The minimum atomic E-state index is -0.115. The van der Waals surface area contributed by atoms with E-state index in [9.17, 15) is 4.79 Å². The maximum absolute atomic E-state index is 12.4. The number of benzene rings is 2. The fraction of sp³-hybridized carbons (Fsp3) is 0.0714. The first kappa shape index (κ1) is 13.1. The summed E-state index contributed by atoms with van der Waals surface area (Å²) in [5.74, 6) is -0.115. The Morgan fingerprint density at radius 1 is 1.17 bits per heavy atom. The zero-order valence-electron chi connectivity index (χ0n) is 9.71. The molecule has 18 heavy (non-hydrogen) atoms. The Balaban J connectivity index is 2.51. The predicted molar refractivity (Wildman–Crippen MR) is 78.2 cm³/mol. The van der Waals surface area contributed by atoms with Gasteiger partial charge in [-0.25, -0.2) is 0 Å². The van der Waals surface area contributed by atoms with E-state index in [2.05, 4.69) is 15.9 Å². The van der Waals surface area contributed by atoms with Gasteiger partial charge in [0.2, 0.25) is 0 Å². The molecule has 0 atom stereocenters. The number of nitrogens with two attached hydrogens (primary N) is 1. The van der Waals surface area contributed by atoms with Crippen molar-refractivity contribution in [2.75, 3.05) is 5.73 Å². The molecule has 0 fully saturated rings. The predicted octanol–water partition coefficient (Wildman–Crippen LogP) is 4.22. The van der Waals surface area contributed by atoms with Crippen molar-refractivity contribution in [3.8, 4) is 0 Å². The molecule has 2 aromatic carbocycles.